The fraction of sp³-hybridized carbons (Fsp3) is 0.526. The van der Waals surface area contributed by atoms with Gasteiger partial charge in [0, 0.05) is 19.5 Å². The first-order valence-corrected chi connectivity index (χ1v) is 9.06. The fourth-order valence-electron chi connectivity index (χ4n) is 3.77. The number of hydrogen-bond donors (Lipinski definition) is 2. The number of hydrogen-bond acceptors (Lipinski definition) is 3. The van der Waals surface area contributed by atoms with E-state index in [-0.39, 0.29) is 37.7 Å². The molecule has 1 saturated heterocycles. The van der Waals surface area contributed by atoms with Crippen LogP contribution < -0.4 is 5.32 Å². The summed E-state index contributed by atoms with van der Waals surface area (Å²) < 4.78 is 38.5. The molecule has 2 fully saturated rings. The summed E-state index contributed by atoms with van der Waals surface area (Å²) in [5, 5.41) is 11.8. The molecule has 6 nitrogen and oxygen atoms in total. The number of carboxylic acids is 1. The van der Waals surface area contributed by atoms with E-state index in [0.717, 1.165) is 18.6 Å². The number of halogens is 3. The molecule has 2 amide bonds. The summed E-state index contributed by atoms with van der Waals surface area (Å²) in [6.45, 7) is 0.0941. The van der Waals surface area contributed by atoms with E-state index in [1.54, 1.807) is 0 Å². The van der Waals surface area contributed by atoms with Crippen molar-refractivity contribution < 1.29 is 32.7 Å². The zero-order valence-electron chi connectivity index (χ0n) is 15.1. The van der Waals surface area contributed by atoms with Crippen molar-refractivity contribution in [3.05, 3.63) is 35.4 Å². The van der Waals surface area contributed by atoms with E-state index >= 15 is 0 Å². The van der Waals surface area contributed by atoms with Gasteiger partial charge in [0.1, 0.15) is 0 Å². The topological polar surface area (TPSA) is 86.7 Å². The van der Waals surface area contributed by atoms with Crippen molar-refractivity contribution in [1.82, 2.24) is 10.2 Å². The number of alkyl halides is 3. The molecule has 2 aliphatic rings. The number of carbonyl (C=O) groups is 3. The van der Waals surface area contributed by atoms with E-state index < -0.39 is 29.2 Å². The highest BCUT2D eigenvalue weighted by atomic mass is 19.4. The average molecular weight is 398 g/mol. The van der Waals surface area contributed by atoms with Gasteiger partial charge in [0.05, 0.1) is 23.4 Å². The minimum absolute atomic E-state index is 0.00714. The maximum absolute atomic E-state index is 12.8. The zero-order valence-corrected chi connectivity index (χ0v) is 15.1. The van der Waals surface area contributed by atoms with Crippen molar-refractivity contribution in [2.24, 2.45) is 5.92 Å². The SMILES string of the molecule is O=C(O)CC1(NC(=O)C2CC(=O)N(Cc3cccc(C(F)(F)F)c3)C2)CCC1. The van der Waals surface area contributed by atoms with Crippen molar-refractivity contribution >= 4 is 17.8 Å². The minimum atomic E-state index is -4.46. The van der Waals surface area contributed by atoms with Crippen LogP contribution in [0.15, 0.2) is 24.3 Å². The number of aliphatic carboxylic acids is 1. The number of nitrogens with one attached hydrogen (secondary N) is 1. The Hall–Kier alpha value is -2.58. The van der Waals surface area contributed by atoms with Gasteiger partial charge in [-0.2, -0.15) is 13.2 Å². The monoisotopic (exact) mass is 398 g/mol. The Balaban J connectivity index is 1.62. The molecule has 152 valence electrons. The number of amides is 2. The molecule has 0 aromatic heterocycles. The minimum Gasteiger partial charge on any atom is -0.481 e. The molecule has 1 heterocycles. The highest BCUT2D eigenvalue weighted by Crippen LogP contribution is 2.36. The van der Waals surface area contributed by atoms with Crippen LogP contribution >= 0.6 is 0 Å². The predicted molar refractivity (Wildman–Crippen MR) is 91.9 cm³/mol. The van der Waals surface area contributed by atoms with Gasteiger partial charge >= 0.3 is 12.1 Å². The summed E-state index contributed by atoms with van der Waals surface area (Å²) in [6, 6.07) is 4.75. The highest BCUT2D eigenvalue weighted by Gasteiger charge is 2.43. The molecule has 9 heteroatoms. The van der Waals surface area contributed by atoms with Crippen LogP contribution in [0, 0.1) is 5.92 Å². The van der Waals surface area contributed by atoms with Crippen LogP contribution in [0.4, 0.5) is 13.2 Å². The van der Waals surface area contributed by atoms with Crippen molar-refractivity contribution in [1.29, 1.82) is 0 Å². The molecule has 1 aromatic rings. The van der Waals surface area contributed by atoms with Crippen LogP contribution in [0.25, 0.3) is 0 Å². The first kappa shape index (κ1) is 20.2. The highest BCUT2D eigenvalue weighted by molar-refractivity contribution is 5.90. The normalized spacial score (nSPS) is 21.3. The Morgan fingerprint density at radius 3 is 2.57 bits per heavy atom. The number of benzene rings is 1. The molecule has 1 aromatic carbocycles. The van der Waals surface area contributed by atoms with Gasteiger partial charge in [0.25, 0.3) is 0 Å². The number of carbonyl (C=O) groups excluding carboxylic acids is 2. The smallest absolute Gasteiger partial charge is 0.416 e. The van der Waals surface area contributed by atoms with Crippen molar-refractivity contribution in [3.63, 3.8) is 0 Å². The molecule has 0 spiro atoms. The van der Waals surface area contributed by atoms with E-state index in [1.807, 2.05) is 0 Å². The van der Waals surface area contributed by atoms with Crippen LogP contribution in [0.3, 0.4) is 0 Å². The maximum Gasteiger partial charge on any atom is 0.416 e. The number of rotatable bonds is 6. The van der Waals surface area contributed by atoms with Gasteiger partial charge in [-0.1, -0.05) is 12.1 Å². The Morgan fingerprint density at radius 2 is 2.00 bits per heavy atom. The summed E-state index contributed by atoms with van der Waals surface area (Å²) >= 11 is 0. The lowest BCUT2D eigenvalue weighted by atomic mass is 9.74. The number of likely N-dealkylation sites (tertiary alicyclic amines) is 1. The molecule has 1 unspecified atom stereocenters. The average Bonchev–Trinajstić information content (AvgIpc) is 2.93. The molecule has 1 atom stereocenters. The van der Waals surface area contributed by atoms with Crippen LogP contribution in [-0.2, 0) is 27.1 Å². The van der Waals surface area contributed by atoms with E-state index in [2.05, 4.69) is 5.32 Å². The van der Waals surface area contributed by atoms with E-state index in [0.29, 0.717) is 18.4 Å². The van der Waals surface area contributed by atoms with Gasteiger partial charge in [0.15, 0.2) is 0 Å². The molecule has 2 N–H and O–H groups in total. The first-order valence-electron chi connectivity index (χ1n) is 9.06. The molecule has 1 aliphatic heterocycles. The molecular formula is C19H21F3N2O4. The summed E-state index contributed by atoms with van der Waals surface area (Å²) in [4.78, 5) is 37.2. The molecule has 1 aliphatic carbocycles. The Morgan fingerprint density at radius 1 is 1.29 bits per heavy atom. The third kappa shape index (κ3) is 4.45. The van der Waals surface area contributed by atoms with Gasteiger partial charge in [-0.3, -0.25) is 14.4 Å². The molecule has 3 rings (SSSR count). The second-order valence-electron chi connectivity index (χ2n) is 7.57. The largest absolute Gasteiger partial charge is 0.481 e. The summed E-state index contributed by atoms with van der Waals surface area (Å²) in [5.74, 6) is -2.31. The standard InChI is InChI=1S/C19H21F3N2O4/c20-19(21,22)14-4-1-3-12(7-14)10-24-11-13(8-15(24)25)17(28)23-18(5-2-6-18)9-16(26)27/h1,3-4,7,13H,2,5-6,8-11H2,(H,23,28)(H,26,27). The van der Waals surface area contributed by atoms with E-state index in [1.165, 1.54) is 17.0 Å². The van der Waals surface area contributed by atoms with Crippen molar-refractivity contribution in [2.75, 3.05) is 6.54 Å². The Bertz CT molecular complexity index is 790. The lowest BCUT2D eigenvalue weighted by Crippen LogP contribution is -2.56. The van der Waals surface area contributed by atoms with Gasteiger partial charge < -0.3 is 15.3 Å². The van der Waals surface area contributed by atoms with Crippen LogP contribution in [0.2, 0.25) is 0 Å². The van der Waals surface area contributed by atoms with Gasteiger partial charge in [-0.15, -0.1) is 0 Å². The maximum atomic E-state index is 12.8. The summed E-state index contributed by atoms with van der Waals surface area (Å²) in [7, 11) is 0. The molecule has 28 heavy (non-hydrogen) atoms. The van der Waals surface area contributed by atoms with Crippen LogP contribution in [0.5, 0.6) is 0 Å². The lowest BCUT2D eigenvalue weighted by Gasteiger charge is -2.42. The number of carboxylic acid groups (broad SMARTS) is 1. The molecule has 1 saturated carbocycles. The van der Waals surface area contributed by atoms with E-state index in [4.69, 9.17) is 5.11 Å². The Labute approximate surface area is 159 Å². The molecule has 0 radical (unpaired) electrons. The third-order valence-electron chi connectivity index (χ3n) is 5.40. The fourth-order valence-corrected chi connectivity index (χ4v) is 3.77. The van der Waals surface area contributed by atoms with Gasteiger partial charge in [-0.25, -0.2) is 0 Å². The molecule has 0 bridgehead atoms. The summed E-state index contributed by atoms with van der Waals surface area (Å²) in [6.07, 6.45) is -2.66. The van der Waals surface area contributed by atoms with Gasteiger partial charge in [-0.05, 0) is 37.0 Å². The second-order valence-corrected chi connectivity index (χ2v) is 7.57. The second kappa shape index (κ2) is 7.44. The predicted octanol–water partition coefficient (Wildman–Crippen LogP) is 2.57. The van der Waals surface area contributed by atoms with Crippen molar-refractivity contribution in [2.45, 2.75) is 50.4 Å². The van der Waals surface area contributed by atoms with E-state index in [9.17, 15) is 27.6 Å². The third-order valence-corrected chi connectivity index (χ3v) is 5.40. The van der Waals surface area contributed by atoms with Crippen molar-refractivity contribution in [3.8, 4) is 0 Å². The molecular weight excluding hydrogens is 377 g/mol. The zero-order chi connectivity index (χ0) is 20.5. The number of nitrogens with zero attached hydrogens (tertiary/aromatic N) is 1. The quantitative estimate of drug-likeness (QED) is 0.771. The van der Waals surface area contributed by atoms with Crippen LogP contribution in [0.1, 0.15) is 43.2 Å². The Kier molecular flexibility index (Phi) is 5.36. The van der Waals surface area contributed by atoms with Gasteiger partial charge in [0.2, 0.25) is 11.8 Å². The lowest BCUT2D eigenvalue weighted by molar-refractivity contribution is -0.141. The summed E-state index contributed by atoms with van der Waals surface area (Å²) in [5.41, 5.74) is -1.20. The van der Waals surface area contributed by atoms with Crippen LogP contribution in [-0.4, -0.2) is 39.9 Å². The first-order chi connectivity index (χ1) is 13.1.